The van der Waals surface area contributed by atoms with Crippen molar-refractivity contribution in [2.24, 2.45) is 0 Å². The molecule has 0 amide bonds. The quantitative estimate of drug-likeness (QED) is 0.814. The molecule has 0 bridgehead atoms. The van der Waals surface area contributed by atoms with Gasteiger partial charge in [-0.05, 0) is 56.3 Å². The topological polar surface area (TPSA) is 37.8 Å². The lowest BCUT2D eigenvalue weighted by molar-refractivity contribution is 0.519. The summed E-state index contributed by atoms with van der Waals surface area (Å²) in [4.78, 5) is 9.41. The summed E-state index contributed by atoms with van der Waals surface area (Å²) >= 11 is 1.40. The van der Waals surface area contributed by atoms with Crippen molar-refractivity contribution in [2.75, 3.05) is 6.54 Å². The minimum atomic E-state index is -0.191. The lowest BCUT2D eigenvalue weighted by atomic mass is 10.1. The first kappa shape index (κ1) is 15.9. The average molecular weight is 305 g/mol. The molecular formula is C16H20FN3S. The Morgan fingerprint density at radius 2 is 2.00 bits per heavy atom. The molecule has 1 N–H and O–H groups in total. The van der Waals surface area contributed by atoms with Crippen LogP contribution in [0.4, 0.5) is 4.39 Å². The first-order valence-corrected chi connectivity index (χ1v) is 7.91. The molecule has 2 rings (SSSR count). The summed E-state index contributed by atoms with van der Waals surface area (Å²) in [6, 6.07) is 5.09. The van der Waals surface area contributed by atoms with Crippen LogP contribution in [0.15, 0.2) is 40.6 Å². The van der Waals surface area contributed by atoms with Crippen molar-refractivity contribution in [3.05, 3.63) is 47.5 Å². The predicted molar refractivity (Wildman–Crippen MR) is 84.0 cm³/mol. The maximum atomic E-state index is 14.2. The number of halogens is 1. The molecular weight excluding hydrogens is 285 g/mol. The van der Waals surface area contributed by atoms with Crippen LogP contribution in [0.5, 0.6) is 0 Å². The molecule has 112 valence electrons. The molecule has 0 spiro atoms. The molecule has 0 radical (unpaired) electrons. The zero-order chi connectivity index (χ0) is 15.2. The molecule has 1 aromatic heterocycles. The van der Waals surface area contributed by atoms with Crippen molar-refractivity contribution in [3.8, 4) is 0 Å². The molecule has 1 aromatic carbocycles. The maximum Gasteiger partial charge on any atom is 0.192 e. The van der Waals surface area contributed by atoms with Gasteiger partial charge in [-0.3, -0.25) is 0 Å². The maximum absolute atomic E-state index is 14.2. The number of nitrogens with one attached hydrogen (secondary N) is 1. The summed E-state index contributed by atoms with van der Waals surface area (Å²) in [6.07, 6.45) is 4.56. The van der Waals surface area contributed by atoms with Crippen LogP contribution in [-0.2, 0) is 0 Å². The van der Waals surface area contributed by atoms with Gasteiger partial charge in [-0.1, -0.05) is 13.0 Å². The summed E-state index contributed by atoms with van der Waals surface area (Å²) in [6.45, 7) is 6.88. The van der Waals surface area contributed by atoms with Crippen LogP contribution in [0.1, 0.15) is 37.4 Å². The van der Waals surface area contributed by atoms with Gasteiger partial charge in [0.2, 0.25) is 0 Å². The fourth-order valence-corrected chi connectivity index (χ4v) is 2.96. The van der Waals surface area contributed by atoms with Gasteiger partial charge < -0.3 is 5.32 Å². The third kappa shape index (κ3) is 4.25. The largest absolute Gasteiger partial charge is 0.310 e. The number of hydrogen-bond acceptors (Lipinski definition) is 4. The van der Waals surface area contributed by atoms with E-state index in [-0.39, 0.29) is 11.9 Å². The van der Waals surface area contributed by atoms with Gasteiger partial charge in [0.15, 0.2) is 5.16 Å². The van der Waals surface area contributed by atoms with Gasteiger partial charge in [0, 0.05) is 28.9 Å². The number of aryl methyl sites for hydroxylation is 1. The van der Waals surface area contributed by atoms with Crippen LogP contribution in [0.25, 0.3) is 0 Å². The van der Waals surface area contributed by atoms with Crippen LogP contribution < -0.4 is 5.32 Å². The van der Waals surface area contributed by atoms with Gasteiger partial charge in [0.05, 0.1) is 0 Å². The van der Waals surface area contributed by atoms with Crippen molar-refractivity contribution in [2.45, 2.75) is 43.3 Å². The molecule has 1 heterocycles. The normalized spacial score (nSPS) is 12.4. The molecule has 0 aliphatic heterocycles. The number of hydrogen-bond donors (Lipinski definition) is 1. The third-order valence-corrected chi connectivity index (χ3v) is 4.07. The summed E-state index contributed by atoms with van der Waals surface area (Å²) in [7, 11) is 0. The van der Waals surface area contributed by atoms with E-state index in [1.807, 2.05) is 19.9 Å². The zero-order valence-corrected chi connectivity index (χ0v) is 13.4. The smallest absolute Gasteiger partial charge is 0.192 e. The van der Waals surface area contributed by atoms with Crippen LogP contribution in [0, 0.1) is 12.7 Å². The summed E-state index contributed by atoms with van der Waals surface area (Å²) < 4.78 is 14.2. The highest BCUT2D eigenvalue weighted by Gasteiger charge is 2.16. The Kier molecular flexibility index (Phi) is 5.70. The second-order valence-corrected chi connectivity index (χ2v) is 5.98. The summed E-state index contributed by atoms with van der Waals surface area (Å²) in [5.41, 5.74) is 1.69. The average Bonchev–Trinajstić information content (AvgIpc) is 2.47. The zero-order valence-electron chi connectivity index (χ0n) is 12.6. The molecule has 0 fully saturated rings. The van der Waals surface area contributed by atoms with E-state index >= 15 is 0 Å². The van der Waals surface area contributed by atoms with Crippen molar-refractivity contribution >= 4 is 11.8 Å². The Morgan fingerprint density at radius 3 is 2.67 bits per heavy atom. The van der Waals surface area contributed by atoms with E-state index in [9.17, 15) is 4.39 Å². The van der Waals surface area contributed by atoms with Gasteiger partial charge in [-0.15, -0.1) is 0 Å². The Labute approximate surface area is 129 Å². The highest BCUT2D eigenvalue weighted by atomic mass is 32.2. The van der Waals surface area contributed by atoms with Crippen LogP contribution in [0.3, 0.4) is 0 Å². The van der Waals surface area contributed by atoms with Gasteiger partial charge >= 0.3 is 0 Å². The Morgan fingerprint density at radius 1 is 1.29 bits per heavy atom. The SMILES string of the molecule is CCCNC(C)c1c(F)cccc1Sc1ncc(C)cn1. The van der Waals surface area contributed by atoms with E-state index in [0.717, 1.165) is 23.4 Å². The first-order valence-electron chi connectivity index (χ1n) is 7.10. The second kappa shape index (κ2) is 7.52. The molecule has 3 nitrogen and oxygen atoms in total. The fourth-order valence-electron chi connectivity index (χ4n) is 2.02. The van der Waals surface area contributed by atoms with Crippen LogP contribution >= 0.6 is 11.8 Å². The molecule has 1 atom stereocenters. The molecule has 2 aromatic rings. The van der Waals surface area contributed by atoms with Crippen molar-refractivity contribution < 1.29 is 4.39 Å². The van der Waals surface area contributed by atoms with Crippen molar-refractivity contribution in [1.29, 1.82) is 0 Å². The lowest BCUT2D eigenvalue weighted by Gasteiger charge is -2.18. The number of benzene rings is 1. The van der Waals surface area contributed by atoms with Crippen LogP contribution in [-0.4, -0.2) is 16.5 Å². The van der Waals surface area contributed by atoms with E-state index < -0.39 is 0 Å². The number of nitrogens with zero attached hydrogens (tertiary/aromatic N) is 2. The number of aromatic nitrogens is 2. The lowest BCUT2D eigenvalue weighted by Crippen LogP contribution is -2.21. The molecule has 0 saturated heterocycles. The van der Waals surface area contributed by atoms with Crippen molar-refractivity contribution in [1.82, 2.24) is 15.3 Å². The highest BCUT2D eigenvalue weighted by Crippen LogP contribution is 2.33. The third-order valence-electron chi connectivity index (χ3n) is 3.10. The molecule has 21 heavy (non-hydrogen) atoms. The predicted octanol–water partition coefficient (Wildman–Crippen LogP) is 4.14. The molecule has 5 heteroatoms. The first-order chi connectivity index (χ1) is 10.1. The van der Waals surface area contributed by atoms with E-state index in [1.165, 1.54) is 17.8 Å². The molecule has 0 aliphatic carbocycles. The molecule has 0 aliphatic rings. The van der Waals surface area contributed by atoms with E-state index in [4.69, 9.17) is 0 Å². The van der Waals surface area contributed by atoms with E-state index in [2.05, 4.69) is 22.2 Å². The molecule has 1 unspecified atom stereocenters. The van der Waals surface area contributed by atoms with Crippen LogP contribution in [0.2, 0.25) is 0 Å². The van der Waals surface area contributed by atoms with Crippen molar-refractivity contribution in [3.63, 3.8) is 0 Å². The monoisotopic (exact) mass is 305 g/mol. The number of rotatable bonds is 6. The van der Waals surface area contributed by atoms with Gasteiger partial charge in [-0.25, -0.2) is 14.4 Å². The molecule has 0 saturated carbocycles. The Balaban J connectivity index is 2.26. The fraction of sp³-hybridized carbons (Fsp3) is 0.375. The minimum absolute atomic E-state index is 0.0425. The van der Waals surface area contributed by atoms with E-state index in [1.54, 1.807) is 18.5 Å². The standard InChI is InChI=1S/C16H20FN3S/c1-4-8-18-12(3)15-13(17)6-5-7-14(15)21-16-19-9-11(2)10-20-16/h5-7,9-10,12,18H,4,8H2,1-3H3. The van der Waals surface area contributed by atoms with Gasteiger partial charge in [0.1, 0.15) is 5.82 Å². The second-order valence-electron chi connectivity index (χ2n) is 4.97. The van der Waals surface area contributed by atoms with E-state index in [0.29, 0.717) is 10.7 Å². The van der Waals surface area contributed by atoms with Gasteiger partial charge in [-0.2, -0.15) is 0 Å². The summed E-state index contributed by atoms with van der Waals surface area (Å²) in [5.74, 6) is -0.191. The Bertz CT molecular complexity index is 587. The summed E-state index contributed by atoms with van der Waals surface area (Å²) in [5, 5.41) is 3.96. The highest BCUT2D eigenvalue weighted by molar-refractivity contribution is 7.99. The Hall–Kier alpha value is -1.46. The van der Waals surface area contributed by atoms with Gasteiger partial charge in [0.25, 0.3) is 0 Å². The minimum Gasteiger partial charge on any atom is -0.310 e.